The predicted octanol–water partition coefficient (Wildman–Crippen LogP) is 12.0. The Balaban J connectivity index is 1.52. The van der Waals surface area contributed by atoms with Crippen molar-refractivity contribution in [3.63, 3.8) is 0 Å². The van der Waals surface area contributed by atoms with Crippen LogP contribution >= 0.6 is 31.9 Å². The van der Waals surface area contributed by atoms with Crippen molar-refractivity contribution in [3.05, 3.63) is 136 Å². The molecule has 1 heterocycles. The van der Waals surface area contributed by atoms with E-state index in [-0.39, 0.29) is 0 Å². The number of benzene rings is 8. The zero-order valence-electron chi connectivity index (χ0n) is 21.8. The molecule has 0 amide bonds. The molecule has 0 aliphatic carbocycles. The van der Waals surface area contributed by atoms with Gasteiger partial charge in [0.2, 0.25) is 0 Å². The smallest absolute Gasteiger partial charge is 0.0553 e. The summed E-state index contributed by atoms with van der Waals surface area (Å²) in [5.41, 5.74) is 6.09. The topological polar surface area (TPSA) is 4.93 Å². The molecule has 9 rings (SSSR count). The van der Waals surface area contributed by atoms with Gasteiger partial charge in [-0.25, -0.2) is 0 Å². The Kier molecular flexibility index (Phi) is 4.97. The molecule has 0 aliphatic heterocycles. The van der Waals surface area contributed by atoms with Gasteiger partial charge in [-0.3, -0.25) is 0 Å². The molecule has 3 heteroatoms. The van der Waals surface area contributed by atoms with Gasteiger partial charge in [0.05, 0.1) is 11.0 Å². The normalized spacial score (nSPS) is 12.1. The molecule has 0 atom stereocenters. The van der Waals surface area contributed by atoms with Crippen molar-refractivity contribution in [1.82, 2.24) is 4.57 Å². The number of fused-ring (bicyclic) bond motifs is 6. The molecule has 41 heavy (non-hydrogen) atoms. The van der Waals surface area contributed by atoms with Crippen LogP contribution in [0.1, 0.15) is 0 Å². The van der Waals surface area contributed by atoms with Crippen LogP contribution in [0.2, 0.25) is 0 Å². The van der Waals surface area contributed by atoms with Gasteiger partial charge in [0.1, 0.15) is 0 Å². The summed E-state index contributed by atoms with van der Waals surface area (Å²) >= 11 is 7.35. The van der Waals surface area contributed by atoms with Gasteiger partial charge in [-0.15, -0.1) is 0 Å². The Morgan fingerprint density at radius 2 is 1.02 bits per heavy atom. The largest absolute Gasteiger partial charge is 0.309 e. The van der Waals surface area contributed by atoms with Gasteiger partial charge < -0.3 is 4.57 Å². The van der Waals surface area contributed by atoms with Gasteiger partial charge in [0, 0.05) is 25.4 Å². The summed E-state index contributed by atoms with van der Waals surface area (Å²) < 4.78 is 4.60. The van der Waals surface area contributed by atoms with Crippen molar-refractivity contribution in [1.29, 1.82) is 0 Å². The molecule has 0 aliphatic rings. The highest BCUT2D eigenvalue weighted by molar-refractivity contribution is 9.10. The Bertz CT molecular complexity index is 2470. The second kappa shape index (κ2) is 8.66. The summed E-state index contributed by atoms with van der Waals surface area (Å²) in [6.45, 7) is 0. The standard InChI is InChI=1S/C38H21Br2N/c39-23-14-12-22(13-15-23)26-18-19-30-33-21-35-38(31-17-16-24(40)20-34(31)41(35)25-6-2-1-3-7-25)32-11-5-10-29(37(32)33)28-9-4-8-27(26)36(28)30/h1-21H. The van der Waals surface area contributed by atoms with Crippen LogP contribution in [0, 0.1) is 0 Å². The summed E-state index contributed by atoms with van der Waals surface area (Å²) in [6.07, 6.45) is 0. The van der Waals surface area contributed by atoms with Crippen LogP contribution in [0.3, 0.4) is 0 Å². The van der Waals surface area contributed by atoms with Crippen LogP contribution in [-0.4, -0.2) is 4.57 Å². The number of hydrogen-bond donors (Lipinski definition) is 0. The summed E-state index contributed by atoms with van der Waals surface area (Å²) in [6, 6.07) is 46.7. The zero-order valence-corrected chi connectivity index (χ0v) is 25.0. The van der Waals surface area contributed by atoms with Crippen LogP contribution < -0.4 is 0 Å². The number of halogens is 2. The van der Waals surface area contributed by atoms with E-state index in [1.165, 1.54) is 81.7 Å². The van der Waals surface area contributed by atoms with Gasteiger partial charge in [0.15, 0.2) is 0 Å². The van der Waals surface area contributed by atoms with Crippen LogP contribution in [0.25, 0.3) is 81.7 Å². The fourth-order valence-corrected chi connectivity index (χ4v) is 7.60. The molecule has 1 aromatic heterocycles. The van der Waals surface area contributed by atoms with Gasteiger partial charge in [-0.05, 0) is 96.7 Å². The van der Waals surface area contributed by atoms with E-state index in [1.54, 1.807) is 0 Å². The van der Waals surface area contributed by atoms with E-state index in [2.05, 4.69) is 164 Å². The molecule has 192 valence electrons. The Morgan fingerprint density at radius 1 is 0.390 bits per heavy atom. The molecule has 0 fully saturated rings. The van der Waals surface area contributed by atoms with Gasteiger partial charge in [0.25, 0.3) is 0 Å². The van der Waals surface area contributed by atoms with Crippen molar-refractivity contribution < 1.29 is 0 Å². The fraction of sp³-hybridized carbons (Fsp3) is 0. The second-order valence-electron chi connectivity index (χ2n) is 10.8. The molecule has 0 N–H and O–H groups in total. The van der Waals surface area contributed by atoms with Crippen LogP contribution in [0.15, 0.2) is 136 Å². The predicted molar refractivity (Wildman–Crippen MR) is 183 cm³/mol. The minimum Gasteiger partial charge on any atom is -0.309 e. The van der Waals surface area contributed by atoms with Crippen LogP contribution in [-0.2, 0) is 0 Å². The van der Waals surface area contributed by atoms with Gasteiger partial charge in [-0.2, -0.15) is 0 Å². The molecule has 8 aromatic carbocycles. The zero-order chi connectivity index (χ0) is 27.2. The molecular formula is C38H21Br2N. The third kappa shape index (κ3) is 3.28. The first kappa shape index (κ1) is 23.5. The van der Waals surface area contributed by atoms with Gasteiger partial charge >= 0.3 is 0 Å². The summed E-state index contributed by atoms with van der Waals surface area (Å²) in [5, 5.41) is 13.1. The SMILES string of the molecule is Brc1ccc(-c2ccc3c4cc5c(c6cccc(c7cccc2c73)c46)c2ccc(Br)cc2n5-c2ccccc2)cc1. The minimum absolute atomic E-state index is 1.08. The van der Waals surface area contributed by atoms with E-state index in [4.69, 9.17) is 0 Å². The molecule has 0 radical (unpaired) electrons. The van der Waals surface area contributed by atoms with E-state index in [1.807, 2.05) is 0 Å². The lowest BCUT2D eigenvalue weighted by molar-refractivity contribution is 1.18. The summed E-state index contributed by atoms with van der Waals surface area (Å²) in [5.74, 6) is 0. The maximum Gasteiger partial charge on any atom is 0.0553 e. The van der Waals surface area contributed by atoms with Crippen molar-refractivity contribution in [2.75, 3.05) is 0 Å². The third-order valence-electron chi connectivity index (χ3n) is 8.64. The highest BCUT2D eigenvalue weighted by Gasteiger charge is 2.21. The van der Waals surface area contributed by atoms with Crippen LogP contribution in [0.4, 0.5) is 0 Å². The van der Waals surface area contributed by atoms with Crippen molar-refractivity contribution in [3.8, 4) is 16.8 Å². The molecule has 0 saturated heterocycles. The van der Waals surface area contributed by atoms with E-state index in [0.717, 1.165) is 8.95 Å². The number of hydrogen-bond acceptors (Lipinski definition) is 0. The number of nitrogens with zero attached hydrogens (tertiary/aromatic N) is 1. The molecule has 9 aromatic rings. The van der Waals surface area contributed by atoms with E-state index in [0.29, 0.717) is 0 Å². The van der Waals surface area contributed by atoms with Gasteiger partial charge in [-0.1, -0.05) is 117 Å². The number of rotatable bonds is 2. The molecule has 1 nitrogen and oxygen atoms in total. The summed E-state index contributed by atoms with van der Waals surface area (Å²) in [4.78, 5) is 0. The first-order valence-corrected chi connectivity index (χ1v) is 15.3. The first-order valence-electron chi connectivity index (χ1n) is 13.7. The minimum atomic E-state index is 1.08. The maximum atomic E-state index is 3.75. The first-order chi connectivity index (χ1) is 20.2. The lowest BCUT2D eigenvalue weighted by atomic mass is 9.86. The van der Waals surface area contributed by atoms with Crippen molar-refractivity contribution >= 4 is 96.8 Å². The second-order valence-corrected chi connectivity index (χ2v) is 12.6. The fourth-order valence-electron chi connectivity index (χ4n) is 6.99. The van der Waals surface area contributed by atoms with Crippen molar-refractivity contribution in [2.45, 2.75) is 0 Å². The van der Waals surface area contributed by atoms with E-state index >= 15 is 0 Å². The molecule has 0 unspecified atom stereocenters. The third-order valence-corrected chi connectivity index (χ3v) is 9.66. The van der Waals surface area contributed by atoms with E-state index < -0.39 is 0 Å². The Labute approximate surface area is 253 Å². The Hall–Kier alpha value is -4.18. The average Bonchev–Trinajstić information content (AvgIpc) is 3.33. The quantitative estimate of drug-likeness (QED) is 0.130. The highest BCUT2D eigenvalue weighted by atomic mass is 79.9. The lowest BCUT2D eigenvalue weighted by Gasteiger charge is -2.18. The molecule has 0 saturated carbocycles. The maximum absolute atomic E-state index is 3.75. The molecular weight excluding hydrogens is 630 g/mol. The monoisotopic (exact) mass is 649 g/mol. The number of aromatic nitrogens is 1. The van der Waals surface area contributed by atoms with Crippen molar-refractivity contribution in [2.24, 2.45) is 0 Å². The lowest BCUT2D eigenvalue weighted by Crippen LogP contribution is -1.94. The summed E-state index contributed by atoms with van der Waals surface area (Å²) in [7, 11) is 0. The average molecular weight is 651 g/mol. The highest BCUT2D eigenvalue weighted by Crippen LogP contribution is 2.47. The molecule has 0 bridgehead atoms. The van der Waals surface area contributed by atoms with Crippen LogP contribution in [0.5, 0.6) is 0 Å². The van der Waals surface area contributed by atoms with E-state index in [9.17, 15) is 0 Å². The Morgan fingerprint density at radius 3 is 1.80 bits per heavy atom. The molecule has 0 spiro atoms. The number of para-hydroxylation sites is 1.